The van der Waals surface area contributed by atoms with Crippen LogP contribution in [0.4, 0.5) is 0 Å². The normalized spacial score (nSPS) is 11.4. The van der Waals surface area contributed by atoms with Gasteiger partial charge < -0.3 is 4.74 Å². The molecule has 0 bridgehead atoms. The molecule has 0 amide bonds. The van der Waals surface area contributed by atoms with E-state index in [1.165, 1.54) is 51.4 Å². The van der Waals surface area contributed by atoms with Crippen molar-refractivity contribution in [1.29, 1.82) is 0 Å². The van der Waals surface area contributed by atoms with Crippen molar-refractivity contribution in [3.8, 4) is 0 Å². The Balaban J connectivity index is 2.93. The van der Waals surface area contributed by atoms with Gasteiger partial charge in [-0.2, -0.15) is 0 Å². The van der Waals surface area contributed by atoms with Gasteiger partial charge in [-0.15, -0.1) is 0 Å². The largest absolute Gasteiger partial charge is 0.381 e. The van der Waals surface area contributed by atoms with E-state index < -0.39 is 0 Å². The minimum absolute atomic E-state index is 0.898. The molecule has 0 N–H and O–H groups in total. The summed E-state index contributed by atoms with van der Waals surface area (Å²) < 4.78 is 5.57. The lowest BCUT2D eigenvalue weighted by atomic mass is 10.1. The standard InChI is InChI=1S/C15H30O/c1-3-5-7-9-11-13-15-16-14-12-10-8-6-4-2/h8,10H,3-7,9,11-15H2,1-2H3/b10-8-. The molecular weight excluding hydrogens is 196 g/mol. The fraction of sp³-hybridized carbons (Fsp3) is 0.867. The molecule has 0 aromatic rings. The van der Waals surface area contributed by atoms with Crippen LogP contribution in [0.5, 0.6) is 0 Å². The van der Waals surface area contributed by atoms with Crippen molar-refractivity contribution < 1.29 is 4.74 Å². The molecule has 0 saturated heterocycles. The summed E-state index contributed by atoms with van der Waals surface area (Å²) in [5.41, 5.74) is 0. The van der Waals surface area contributed by atoms with Crippen molar-refractivity contribution in [3.63, 3.8) is 0 Å². The fourth-order valence-electron chi connectivity index (χ4n) is 1.64. The number of hydrogen-bond acceptors (Lipinski definition) is 1. The van der Waals surface area contributed by atoms with Crippen molar-refractivity contribution in [1.82, 2.24) is 0 Å². The molecule has 0 aliphatic rings. The molecule has 0 aromatic carbocycles. The summed E-state index contributed by atoms with van der Waals surface area (Å²) in [4.78, 5) is 0. The summed E-state index contributed by atoms with van der Waals surface area (Å²) in [7, 11) is 0. The third-order valence-corrected chi connectivity index (χ3v) is 2.69. The van der Waals surface area contributed by atoms with Crippen LogP contribution in [0.25, 0.3) is 0 Å². The number of unbranched alkanes of at least 4 members (excludes halogenated alkanes) is 6. The van der Waals surface area contributed by atoms with Gasteiger partial charge in [0, 0.05) is 6.61 Å². The topological polar surface area (TPSA) is 9.23 Å². The highest BCUT2D eigenvalue weighted by Crippen LogP contribution is 2.04. The van der Waals surface area contributed by atoms with Gasteiger partial charge >= 0.3 is 0 Å². The summed E-state index contributed by atoms with van der Waals surface area (Å²) in [5, 5.41) is 0. The molecule has 0 unspecified atom stereocenters. The molecule has 0 spiro atoms. The Morgan fingerprint density at radius 2 is 1.38 bits per heavy atom. The van der Waals surface area contributed by atoms with Crippen LogP contribution in [0.2, 0.25) is 0 Å². The molecule has 0 rings (SSSR count). The molecule has 96 valence electrons. The predicted octanol–water partition coefficient (Wildman–Crippen LogP) is 5.11. The van der Waals surface area contributed by atoms with Gasteiger partial charge in [0.1, 0.15) is 0 Å². The Morgan fingerprint density at radius 1 is 0.688 bits per heavy atom. The van der Waals surface area contributed by atoms with E-state index in [0.29, 0.717) is 0 Å². The van der Waals surface area contributed by atoms with Crippen LogP contribution in [-0.2, 0) is 4.74 Å². The maximum Gasteiger partial charge on any atom is 0.0500 e. The Bertz CT molecular complexity index is 140. The first-order valence-corrected chi connectivity index (χ1v) is 7.14. The minimum atomic E-state index is 0.898. The van der Waals surface area contributed by atoms with Crippen molar-refractivity contribution in [2.45, 2.75) is 71.6 Å². The fourth-order valence-corrected chi connectivity index (χ4v) is 1.64. The summed E-state index contributed by atoms with van der Waals surface area (Å²) in [6, 6.07) is 0. The van der Waals surface area contributed by atoms with Crippen molar-refractivity contribution in [3.05, 3.63) is 12.2 Å². The molecule has 0 fully saturated rings. The molecule has 0 aliphatic carbocycles. The molecule has 1 nitrogen and oxygen atoms in total. The lowest BCUT2D eigenvalue weighted by molar-refractivity contribution is 0.134. The number of ether oxygens (including phenoxy) is 1. The van der Waals surface area contributed by atoms with Gasteiger partial charge in [-0.3, -0.25) is 0 Å². The maximum absolute atomic E-state index is 5.57. The molecule has 16 heavy (non-hydrogen) atoms. The van der Waals surface area contributed by atoms with Gasteiger partial charge in [-0.25, -0.2) is 0 Å². The van der Waals surface area contributed by atoms with E-state index in [-0.39, 0.29) is 0 Å². The molecular formula is C15H30O. The molecule has 0 heterocycles. The van der Waals surface area contributed by atoms with Crippen LogP contribution in [0, 0.1) is 0 Å². The van der Waals surface area contributed by atoms with Crippen LogP contribution < -0.4 is 0 Å². The SMILES string of the molecule is CCC/C=C\CCOCCCCCCCC. The smallest absolute Gasteiger partial charge is 0.0500 e. The van der Waals surface area contributed by atoms with Crippen molar-refractivity contribution >= 4 is 0 Å². The van der Waals surface area contributed by atoms with Gasteiger partial charge in [0.25, 0.3) is 0 Å². The Kier molecular flexibility index (Phi) is 14.4. The molecule has 0 atom stereocenters. The zero-order valence-electron chi connectivity index (χ0n) is 11.3. The summed E-state index contributed by atoms with van der Waals surface area (Å²) in [6.07, 6.45) is 16.1. The monoisotopic (exact) mass is 226 g/mol. The summed E-state index contributed by atoms with van der Waals surface area (Å²) >= 11 is 0. The van der Waals surface area contributed by atoms with Crippen LogP contribution in [-0.4, -0.2) is 13.2 Å². The maximum atomic E-state index is 5.57. The van der Waals surface area contributed by atoms with E-state index in [9.17, 15) is 0 Å². The average Bonchev–Trinajstić information content (AvgIpc) is 2.31. The van der Waals surface area contributed by atoms with Crippen LogP contribution >= 0.6 is 0 Å². The Morgan fingerprint density at radius 3 is 2.12 bits per heavy atom. The third kappa shape index (κ3) is 13.7. The van der Waals surface area contributed by atoms with E-state index >= 15 is 0 Å². The lowest BCUT2D eigenvalue weighted by Gasteiger charge is -2.02. The molecule has 0 aromatic heterocycles. The zero-order valence-corrected chi connectivity index (χ0v) is 11.3. The average molecular weight is 226 g/mol. The van der Waals surface area contributed by atoms with Crippen LogP contribution in [0.1, 0.15) is 71.6 Å². The van der Waals surface area contributed by atoms with Gasteiger partial charge in [0.2, 0.25) is 0 Å². The predicted molar refractivity (Wildman–Crippen MR) is 72.9 cm³/mol. The van der Waals surface area contributed by atoms with Gasteiger partial charge in [-0.05, 0) is 19.3 Å². The second kappa shape index (κ2) is 14.7. The summed E-state index contributed by atoms with van der Waals surface area (Å²) in [5.74, 6) is 0. The quantitative estimate of drug-likeness (QED) is 0.332. The molecule has 1 heteroatoms. The molecule has 0 saturated carbocycles. The van der Waals surface area contributed by atoms with E-state index in [4.69, 9.17) is 4.74 Å². The Hall–Kier alpha value is -0.300. The first kappa shape index (κ1) is 15.7. The minimum Gasteiger partial charge on any atom is -0.381 e. The lowest BCUT2D eigenvalue weighted by Crippen LogP contribution is -1.95. The van der Waals surface area contributed by atoms with Crippen LogP contribution in [0.15, 0.2) is 12.2 Å². The van der Waals surface area contributed by atoms with Gasteiger partial charge in [-0.1, -0.05) is 64.5 Å². The first-order valence-electron chi connectivity index (χ1n) is 7.14. The molecule has 0 radical (unpaired) electrons. The van der Waals surface area contributed by atoms with Gasteiger partial charge in [0.05, 0.1) is 6.61 Å². The van der Waals surface area contributed by atoms with E-state index in [0.717, 1.165) is 19.6 Å². The zero-order chi connectivity index (χ0) is 11.9. The van der Waals surface area contributed by atoms with Gasteiger partial charge in [0.15, 0.2) is 0 Å². The highest BCUT2D eigenvalue weighted by atomic mass is 16.5. The second-order valence-electron chi connectivity index (χ2n) is 4.43. The summed E-state index contributed by atoms with van der Waals surface area (Å²) in [6.45, 7) is 6.32. The Labute approximate surface area is 102 Å². The van der Waals surface area contributed by atoms with E-state index in [1.807, 2.05) is 0 Å². The second-order valence-corrected chi connectivity index (χ2v) is 4.43. The van der Waals surface area contributed by atoms with Crippen molar-refractivity contribution in [2.75, 3.05) is 13.2 Å². The van der Waals surface area contributed by atoms with Crippen molar-refractivity contribution in [2.24, 2.45) is 0 Å². The number of rotatable bonds is 12. The van der Waals surface area contributed by atoms with Crippen LogP contribution in [0.3, 0.4) is 0 Å². The highest BCUT2D eigenvalue weighted by Gasteiger charge is 1.90. The van der Waals surface area contributed by atoms with E-state index in [1.54, 1.807) is 0 Å². The number of allylic oxidation sites excluding steroid dienone is 1. The highest BCUT2D eigenvalue weighted by molar-refractivity contribution is 4.80. The first-order chi connectivity index (χ1) is 7.91. The third-order valence-electron chi connectivity index (χ3n) is 2.69. The molecule has 0 aliphatic heterocycles. The van der Waals surface area contributed by atoms with E-state index in [2.05, 4.69) is 26.0 Å². The number of hydrogen-bond donors (Lipinski definition) is 0.